The third kappa shape index (κ3) is 5.11. The van der Waals surface area contributed by atoms with E-state index in [9.17, 15) is 5.48 Å². The van der Waals surface area contributed by atoms with Gasteiger partial charge in [0, 0.05) is 33.2 Å². The standard InChI is InChI=1S/C51H32N4/c1-4-16-33(17-5-1)49-52-50(34-18-6-2-7-19-34)54-51(53-49)46-32-44-40-25-13-11-23-38(40)37-22-10-12-24-39(37)43(44)31-42(46)35-28-29-48-45(30-35)41-26-14-15-27-47(41)55(48)36-20-8-3-9-21-36/h1-32H/i3D,8D,9D,14D,20D,21D,26D,27D,28D,29D,30D. The fourth-order valence-electron chi connectivity index (χ4n) is 7.55. The Morgan fingerprint density at radius 3 is 1.51 bits per heavy atom. The third-order valence-electron chi connectivity index (χ3n) is 10.0. The molecule has 9 aromatic carbocycles. The largest absolute Gasteiger partial charge is 0.309 e. The van der Waals surface area contributed by atoms with Gasteiger partial charge in [0.05, 0.1) is 26.1 Å². The van der Waals surface area contributed by atoms with Crippen molar-refractivity contribution < 1.29 is 15.1 Å². The van der Waals surface area contributed by atoms with Crippen molar-refractivity contribution >= 4 is 54.1 Å². The van der Waals surface area contributed by atoms with Crippen molar-refractivity contribution in [1.82, 2.24) is 19.5 Å². The minimum absolute atomic E-state index is 0.0361. The van der Waals surface area contributed by atoms with E-state index in [0.717, 1.165) is 54.1 Å². The van der Waals surface area contributed by atoms with Crippen LogP contribution in [0.2, 0.25) is 0 Å². The zero-order chi connectivity index (χ0) is 45.9. The van der Waals surface area contributed by atoms with E-state index in [1.54, 1.807) is 0 Å². The van der Waals surface area contributed by atoms with Crippen LogP contribution in [-0.2, 0) is 0 Å². The van der Waals surface area contributed by atoms with Crippen molar-refractivity contribution in [3.63, 3.8) is 0 Å². The summed E-state index contributed by atoms with van der Waals surface area (Å²) < 4.78 is 101. The Hall–Kier alpha value is -7.43. The van der Waals surface area contributed by atoms with E-state index in [2.05, 4.69) is 6.07 Å². The molecule has 4 heteroatoms. The van der Waals surface area contributed by atoms with E-state index in [0.29, 0.717) is 22.8 Å². The normalized spacial score (nSPS) is 14.4. The Bertz CT molecular complexity index is 3810. The quantitative estimate of drug-likeness (QED) is 0.167. The molecule has 0 saturated carbocycles. The molecule has 0 amide bonds. The summed E-state index contributed by atoms with van der Waals surface area (Å²) in [4.78, 5) is 15.1. The smallest absolute Gasteiger partial charge is 0.164 e. The average Bonchev–Trinajstić information content (AvgIpc) is 3.71. The first-order chi connectivity index (χ1) is 31.8. The van der Waals surface area contributed by atoms with E-state index in [4.69, 9.17) is 24.5 Å². The predicted octanol–water partition coefficient (Wildman–Crippen LogP) is 13.1. The van der Waals surface area contributed by atoms with Gasteiger partial charge in [0.25, 0.3) is 0 Å². The van der Waals surface area contributed by atoms with Crippen LogP contribution in [0.25, 0.3) is 105 Å². The molecule has 2 heterocycles. The molecule has 0 aliphatic carbocycles. The Labute approximate surface area is 333 Å². The number of aromatic nitrogens is 4. The second-order valence-electron chi connectivity index (χ2n) is 13.1. The molecule has 4 nitrogen and oxygen atoms in total. The first-order valence-electron chi connectivity index (χ1n) is 23.2. The topological polar surface area (TPSA) is 43.6 Å². The molecule has 0 spiro atoms. The minimum Gasteiger partial charge on any atom is -0.309 e. The summed E-state index contributed by atoms with van der Waals surface area (Å²) in [6.07, 6.45) is 0. The summed E-state index contributed by atoms with van der Waals surface area (Å²) in [5.74, 6) is 0.954. The zero-order valence-electron chi connectivity index (χ0n) is 39.9. The Balaban J connectivity index is 1.34. The monoisotopic (exact) mass is 711 g/mol. The highest BCUT2D eigenvalue weighted by Gasteiger charge is 2.21. The number of nitrogens with zero attached hydrogens (tertiary/aromatic N) is 4. The number of benzene rings is 9. The lowest BCUT2D eigenvalue weighted by molar-refractivity contribution is 1.07. The number of hydrogen-bond donors (Lipinski definition) is 0. The molecule has 0 saturated heterocycles. The summed E-state index contributed by atoms with van der Waals surface area (Å²) in [6, 6.07) is 34.2. The summed E-state index contributed by atoms with van der Waals surface area (Å²) in [5, 5.41) is 5.20. The van der Waals surface area contributed by atoms with Crippen molar-refractivity contribution in [2.45, 2.75) is 0 Å². The van der Waals surface area contributed by atoms with E-state index in [-0.39, 0.29) is 51.3 Å². The lowest BCUT2D eigenvalue weighted by atomic mass is 9.89. The average molecular weight is 712 g/mol. The molecule has 2 aromatic heterocycles. The van der Waals surface area contributed by atoms with Gasteiger partial charge in [-0.05, 0) is 85.8 Å². The zero-order valence-corrected chi connectivity index (χ0v) is 28.9. The van der Waals surface area contributed by atoms with Crippen molar-refractivity contribution in [1.29, 1.82) is 0 Å². The number of rotatable bonds is 5. The number of para-hydroxylation sites is 2. The van der Waals surface area contributed by atoms with Crippen LogP contribution in [0.5, 0.6) is 0 Å². The van der Waals surface area contributed by atoms with Gasteiger partial charge in [0.2, 0.25) is 0 Å². The van der Waals surface area contributed by atoms with Gasteiger partial charge < -0.3 is 4.57 Å². The van der Waals surface area contributed by atoms with Gasteiger partial charge in [0.1, 0.15) is 0 Å². The van der Waals surface area contributed by atoms with Crippen LogP contribution in [0.1, 0.15) is 15.1 Å². The molecule has 11 rings (SSSR count). The first kappa shape index (κ1) is 21.9. The molecule has 0 aliphatic rings. The van der Waals surface area contributed by atoms with Gasteiger partial charge in [-0.1, -0.05) is 152 Å². The third-order valence-corrected chi connectivity index (χ3v) is 10.0. The fraction of sp³-hybridized carbons (Fsp3) is 0. The van der Waals surface area contributed by atoms with Gasteiger partial charge >= 0.3 is 0 Å². The molecule has 0 unspecified atom stereocenters. The van der Waals surface area contributed by atoms with Crippen LogP contribution < -0.4 is 0 Å². The second-order valence-corrected chi connectivity index (χ2v) is 13.1. The van der Waals surface area contributed by atoms with E-state index < -0.39 is 54.0 Å². The van der Waals surface area contributed by atoms with E-state index in [1.165, 1.54) is 0 Å². The molecule has 55 heavy (non-hydrogen) atoms. The van der Waals surface area contributed by atoms with E-state index >= 15 is 0 Å². The molecule has 0 bridgehead atoms. The van der Waals surface area contributed by atoms with Crippen molar-refractivity contribution in [3.8, 4) is 51.0 Å². The second kappa shape index (κ2) is 12.6. The summed E-state index contributed by atoms with van der Waals surface area (Å²) in [6.45, 7) is 0. The Morgan fingerprint density at radius 2 is 0.891 bits per heavy atom. The molecule has 0 atom stereocenters. The maximum atomic E-state index is 10.2. The van der Waals surface area contributed by atoms with Crippen LogP contribution in [0, 0.1) is 0 Å². The maximum Gasteiger partial charge on any atom is 0.164 e. The highest BCUT2D eigenvalue weighted by molar-refractivity contribution is 6.26. The summed E-state index contributed by atoms with van der Waals surface area (Å²) in [5.41, 5.74) is 1.34. The van der Waals surface area contributed by atoms with Crippen LogP contribution >= 0.6 is 0 Å². The van der Waals surface area contributed by atoms with Crippen LogP contribution in [0.3, 0.4) is 0 Å². The van der Waals surface area contributed by atoms with Crippen molar-refractivity contribution in [2.75, 3.05) is 0 Å². The number of fused-ring (bicyclic) bond motifs is 9. The molecule has 0 aliphatic heterocycles. The highest BCUT2D eigenvalue weighted by atomic mass is 15.0. The fourth-order valence-corrected chi connectivity index (χ4v) is 7.55. The van der Waals surface area contributed by atoms with Gasteiger partial charge in [-0.15, -0.1) is 0 Å². The Morgan fingerprint density at radius 1 is 0.364 bits per heavy atom. The molecular formula is C51H32N4. The molecule has 256 valence electrons. The van der Waals surface area contributed by atoms with Crippen molar-refractivity contribution in [3.05, 3.63) is 194 Å². The molecule has 0 fully saturated rings. The Kier molecular flexibility index (Phi) is 5.03. The molecular weight excluding hydrogens is 669 g/mol. The van der Waals surface area contributed by atoms with Crippen LogP contribution in [-0.4, -0.2) is 19.5 Å². The van der Waals surface area contributed by atoms with Gasteiger partial charge in [0.15, 0.2) is 17.5 Å². The van der Waals surface area contributed by atoms with Crippen molar-refractivity contribution in [2.24, 2.45) is 0 Å². The molecule has 11 aromatic rings. The molecule has 0 radical (unpaired) electrons. The minimum atomic E-state index is -0.668. The summed E-state index contributed by atoms with van der Waals surface area (Å²) >= 11 is 0. The van der Waals surface area contributed by atoms with E-state index in [1.807, 2.05) is 115 Å². The SMILES string of the molecule is [2H]c1cc([2H])c2c(c1[2H])c1c([2H])c(-c3cc4c5ccccc5c5ccccc5c4cc3-c3nc(-c4ccccc4)nc(-c4ccccc4)n3)c([2H])c([2H])c1n2-c1c([2H])c([2H])c([2H])c([2H])c1[2H]. The predicted molar refractivity (Wildman–Crippen MR) is 228 cm³/mol. The maximum absolute atomic E-state index is 10.2. The first-order valence-corrected chi connectivity index (χ1v) is 17.7. The summed E-state index contributed by atoms with van der Waals surface area (Å²) in [7, 11) is 0. The van der Waals surface area contributed by atoms with Crippen LogP contribution in [0.4, 0.5) is 0 Å². The number of hydrogen-bond acceptors (Lipinski definition) is 3. The van der Waals surface area contributed by atoms with Gasteiger partial charge in [-0.25, -0.2) is 15.0 Å². The van der Waals surface area contributed by atoms with Gasteiger partial charge in [-0.2, -0.15) is 0 Å². The lowest BCUT2D eigenvalue weighted by Crippen LogP contribution is -2.01. The van der Waals surface area contributed by atoms with Gasteiger partial charge in [-0.3, -0.25) is 0 Å². The van der Waals surface area contributed by atoms with Crippen LogP contribution in [0.15, 0.2) is 194 Å². The highest BCUT2D eigenvalue weighted by Crippen LogP contribution is 2.43. The molecule has 0 N–H and O–H groups in total. The lowest BCUT2D eigenvalue weighted by Gasteiger charge is -2.17.